The fourth-order valence-electron chi connectivity index (χ4n) is 2.37. The van der Waals surface area contributed by atoms with Crippen LogP contribution in [0.3, 0.4) is 0 Å². The van der Waals surface area contributed by atoms with Crippen molar-refractivity contribution in [1.82, 2.24) is 15.5 Å². The van der Waals surface area contributed by atoms with Crippen LogP contribution in [0.5, 0.6) is 0 Å². The molecule has 0 aliphatic carbocycles. The van der Waals surface area contributed by atoms with Gasteiger partial charge in [0.25, 0.3) is 0 Å². The van der Waals surface area contributed by atoms with E-state index in [4.69, 9.17) is 0 Å². The smallest absolute Gasteiger partial charge is 0.00768 e. The number of nitrogens with one attached hydrogen (secondary N) is 2. The molecule has 17 heavy (non-hydrogen) atoms. The van der Waals surface area contributed by atoms with Gasteiger partial charge in [0.2, 0.25) is 0 Å². The molecule has 3 nitrogen and oxygen atoms in total. The van der Waals surface area contributed by atoms with Crippen LogP contribution < -0.4 is 10.6 Å². The van der Waals surface area contributed by atoms with E-state index in [1.807, 2.05) is 0 Å². The van der Waals surface area contributed by atoms with Crippen LogP contribution in [0, 0.1) is 11.8 Å². The summed E-state index contributed by atoms with van der Waals surface area (Å²) in [6.45, 7) is 16.2. The Kier molecular flexibility index (Phi) is 7.09. The summed E-state index contributed by atoms with van der Waals surface area (Å²) in [7, 11) is 0. The SMILES string of the molecule is CC(C)CNCCNC[C@H]1CCN(C(C)C)C1. The first-order valence-electron chi connectivity index (χ1n) is 7.25. The lowest BCUT2D eigenvalue weighted by molar-refractivity contribution is 0.264. The molecule has 0 spiro atoms. The topological polar surface area (TPSA) is 27.3 Å². The minimum absolute atomic E-state index is 0.715. The van der Waals surface area contributed by atoms with Gasteiger partial charge in [-0.25, -0.2) is 0 Å². The van der Waals surface area contributed by atoms with Gasteiger partial charge in [0.15, 0.2) is 0 Å². The maximum absolute atomic E-state index is 3.57. The van der Waals surface area contributed by atoms with Crippen molar-refractivity contribution in [3.05, 3.63) is 0 Å². The van der Waals surface area contributed by atoms with E-state index in [0.29, 0.717) is 6.04 Å². The van der Waals surface area contributed by atoms with Crippen molar-refractivity contribution in [2.75, 3.05) is 39.3 Å². The first-order chi connectivity index (χ1) is 8.09. The van der Waals surface area contributed by atoms with Crippen LogP contribution >= 0.6 is 0 Å². The highest BCUT2D eigenvalue weighted by atomic mass is 15.2. The monoisotopic (exact) mass is 241 g/mol. The fourth-order valence-corrected chi connectivity index (χ4v) is 2.37. The molecule has 102 valence electrons. The predicted octanol–water partition coefficient (Wildman–Crippen LogP) is 1.55. The van der Waals surface area contributed by atoms with Crippen molar-refractivity contribution in [1.29, 1.82) is 0 Å². The van der Waals surface area contributed by atoms with Crippen molar-refractivity contribution in [3.63, 3.8) is 0 Å². The minimum atomic E-state index is 0.715. The van der Waals surface area contributed by atoms with E-state index in [1.54, 1.807) is 0 Å². The summed E-state index contributed by atoms with van der Waals surface area (Å²) in [5.74, 6) is 1.62. The van der Waals surface area contributed by atoms with E-state index in [0.717, 1.165) is 31.5 Å². The van der Waals surface area contributed by atoms with Gasteiger partial charge in [-0.3, -0.25) is 0 Å². The molecular formula is C14H31N3. The maximum Gasteiger partial charge on any atom is 0.00768 e. The summed E-state index contributed by atoms with van der Waals surface area (Å²) in [6.07, 6.45) is 1.37. The number of nitrogens with zero attached hydrogens (tertiary/aromatic N) is 1. The van der Waals surface area contributed by atoms with Crippen molar-refractivity contribution in [2.45, 2.75) is 40.2 Å². The molecule has 1 aliphatic rings. The van der Waals surface area contributed by atoms with Gasteiger partial charge in [-0.2, -0.15) is 0 Å². The molecule has 2 N–H and O–H groups in total. The van der Waals surface area contributed by atoms with Crippen LogP contribution in [0.2, 0.25) is 0 Å². The van der Waals surface area contributed by atoms with Crippen LogP contribution in [0.4, 0.5) is 0 Å². The molecule has 0 aromatic carbocycles. The molecule has 0 bridgehead atoms. The zero-order chi connectivity index (χ0) is 12.7. The molecule has 0 aromatic rings. The molecular weight excluding hydrogens is 210 g/mol. The van der Waals surface area contributed by atoms with Crippen molar-refractivity contribution in [3.8, 4) is 0 Å². The Bertz CT molecular complexity index is 192. The van der Waals surface area contributed by atoms with Gasteiger partial charge >= 0.3 is 0 Å². The van der Waals surface area contributed by atoms with Gasteiger partial charge in [0, 0.05) is 25.7 Å². The van der Waals surface area contributed by atoms with Crippen LogP contribution in [0.1, 0.15) is 34.1 Å². The van der Waals surface area contributed by atoms with Gasteiger partial charge in [0.05, 0.1) is 0 Å². The lowest BCUT2D eigenvalue weighted by atomic mass is 10.1. The predicted molar refractivity (Wildman–Crippen MR) is 75.4 cm³/mol. The second-order valence-corrected chi connectivity index (χ2v) is 6.05. The fraction of sp³-hybridized carbons (Fsp3) is 1.00. The molecule has 0 radical (unpaired) electrons. The Morgan fingerprint density at radius 2 is 1.82 bits per heavy atom. The van der Waals surface area contributed by atoms with E-state index in [2.05, 4.69) is 43.2 Å². The lowest BCUT2D eigenvalue weighted by Gasteiger charge is -2.20. The van der Waals surface area contributed by atoms with Gasteiger partial charge < -0.3 is 15.5 Å². The molecule has 1 rings (SSSR count). The molecule has 0 aromatic heterocycles. The van der Waals surface area contributed by atoms with Gasteiger partial charge in [-0.15, -0.1) is 0 Å². The summed E-state index contributed by atoms with van der Waals surface area (Å²) in [5, 5.41) is 7.04. The minimum Gasteiger partial charge on any atom is -0.315 e. The quantitative estimate of drug-likeness (QED) is 0.632. The normalized spacial score (nSPS) is 21.9. The van der Waals surface area contributed by atoms with Crippen LogP contribution in [0.15, 0.2) is 0 Å². The molecule has 3 heteroatoms. The lowest BCUT2D eigenvalue weighted by Crippen LogP contribution is -2.34. The third kappa shape index (κ3) is 6.39. The molecule has 1 aliphatic heterocycles. The summed E-state index contributed by atoms with van der Waals surface area (Å²) in [6, 6.07) is 0.715. The van der Waals surface area contributed by atoms with E-state index < -0.39 is 0 Å². The van der Waals surface area contributed by atoms with Crippen LogP contribution in [0.25, 0.3) is 0 Å². The average molecular weight is 241 g/mol. The summed E-state index contributed by atoms with van der Waals surface area (Å²) in [5.41, 5.74) is 0. The van der Waals surface area contributed by atoms with Crippen LogP contribution in [-0.4, -0.2) is 50.2 Å². The Hall–Kier alpha value is -0.120. The number of hydrogen-bond acceptors (Lipinski definition) is 3. The molecule has 1 saturated heterocycles. The summed E-state index contributed by atoms with van der Waals surface area (Å²) < 4.78 is 0. The van der Waals surface area contributed by atoms with E-state index >= 15 is 0 Å². The van der Waals surface area contributed by atoms with E-state index in [-0.39, 0.29) is 0 Å². The summed E-state index contributed by atoms with van der Waals surface area (Å²) >= 11 is 0. The zero-order valence-corrected chi connectivity index (χ0v) is 12.1. The molecule has 0 saturated carbocycles. The zero-order valence-electron chi connectivity index (χ0n) is 12.1. The Balaban J connectivity index is 1.94. The van der Waals surface area contributed by atoms with Crippen LogP contribution in [-0.2, 0) is 0 Å². The largest absolute Gasteiger partial charge is 0.315 e. The maximum atomic E-state index is 3.57. The van der Waals surface area contributed by atoms with Gasteiger partial charge in [-0.1, -0.05) is 13.8 Å². The van der Waals surface area contributed by atoms with Crippen molar-refractivity contribution >= 4 is 0 Å². The number of rotatable bonds is 8. The average Bonchev–Trinajstić information content (AvgIpc) is 2.71. The Morgan fingerprint density at radius 3 is 2.41 bits per heavy atom. The third-order valence-electron chi connectivity index (χ3n) is 3.51. The molecule has 0 amide bonds. The molecule has 1 fully saturated rings. The van der Waals surface area contributed by atoms with Gasteiger partial charge in [0.1, 0.15) is 0 Å². The molecule has 0 unspecified atom stereocenters. The molecule has 1 heterocycles. The third-order valence-corrected chi connectivity index (χ3v) is 3.51. The number of hydrogen-bond donors (Lipinski definition) is 2. The van der Waals surface area contributed by atoms with E-state index in [1.165, 1.54) is 26.1 Å². The highest BCUT2D eigenvalue weighted by Gasteiger charge is 2.23. The highest BCUT2D eigenvalue weighted by molar-refractivity contribution is 4.79. The second-order valence-electron chi connectivity index (χ2n) is 6.05. The highest BCUT2D eigenvalue weighted by Crippen LogP contribution is 2.17. The standard InChI is InChI=1S/C14H31N3/c1-12(2)9-15-6-7-16-10-14-5-8-17(11-14)13(3)4/h12-16H,5-11H2,1-4H3/t14-/m1/s1. The Morgan fingerprint density at radius 1 is 1.12 bits per heavy atom. The first kappa shape index (κ1) is 14.9. The number of likely N-dealkylation sites (tertiary alicyclic amines) is 1. The van der Waals surface area contributed by atoms with Gasteiger partial charge in [-0.05, 0) is 51.7 Å². The first-order valence-corrected chi connectivity index (χ1v) is 7.25. The molecule has 1 atom stereocenters. The van der Waals surface area contributed by atoms with Crippen molar-refractivity contribution < 1.29 is 0 Å². The summed E-state index contributed by atoms with van der Waals surface area (Å²) in [4.78, 5) is 2.59. The van der Waals surface area contributed by atoms with Crippen molar-refractivity contribution in [2.24, 2.45) is 11.8 Å². The Labute approximate surface area is 107 Å². The van der Waals surface area contributed by atoms with E-state index in [9.17, 15) is 0 Å². The second kappa shape index (κ2) is 8.06.